The Morgan fingerprint density at radius 3 is 1.88 bits per heavy atom. The minimum Gasteiger partial charge on any atom is -0.463 e. The average Bonchev–Trinajstić information content (AvgIpc) is 3.10. The first-order chi connectivity index (χ1) is 16.5. The summed E-state index contributed by atoms with van der Waals surface area (Å²) in [4.78, 5) is 14.2. The van der Waals surface area contributed by atoms with Crippen LogP contribution in [0.15, 0.2) is 0 Å². The predicted octanol–water partition coefficient (Wildman–Crippen LogP) is 5.08. The zero-order valence-electron chi connectivity index (χ0n) is 22.5. The Morgan fingerprint density at radius 2 is 1.32 bits per heavy atom. The number of carbonyl (C=O) groups is 1. The Balaban J connectivity index is 2.47. The monoisotopic (exact) mass is 487 g/mol. The summed E-state index contributed by atoms with van der Waals surface area (Å²) in [5.74, 6) is -0.244. The quantitative estimate of drug-likeness (QED) is 0.168. The standard InChI is InChI=1S/C27H53NO6/c1-5-7-9-11-13-15-20-31-25-23(22-33-24(29)18-17-19-28(3)4)34-27(30)26(25)32-21-16-14-12-10-8-6-2/h23,25-27,30H,5-22H2,1-4H3/t23-,25+,26+,27-/m1/s1. The molecule has 0 aromatic carbocycles. The third-order valence-electron chi connectivity index (χ3n) is 6.30. The second kappa shape index (κ2) is 20.5. The molecule has 4 atom stereocenters. The summed E-state index contributed by atoms with van der Waals surface area (Å²) in [6, 6.07) is 0. The summed E-state index contributed by atoms with van der Waals surface area (Å²) < 4.78 is 23.4. The van der Waals surface area contributed by atoms with Gasteiger partial charge in [-0.05, 0) is 39.9 Å². The molecular formula is C27H53NO6. The fraction of sp³-hybridized carbons (Fsp3) is 0.963. The van der Waals surface area contributed by atoms with Gasteiger partial charge >= 0.3 is 5.97 Å². The van der Waals surface area contributed by atoms with Crippen molar-refractivity contribution >= 4 is 5.97 Å². The van der Waals surface area contributed by atoms with E-state index in [1.807, 2.05) is 19.0 Å². The third kappa shape index (κ3) is 14.6. The van der Waals surface area contributed by atoms with Gasteiger partial charge in [0.25, 0.3) is 0 Å². The molecule has 1 fully saturated rings. The number of ether oxygens (including phenoxy) is 4. The maximum absolute atomic E-state index is 12.1. The van der Waals surface area contributed by atoms with Crippen molar-refractivity contribution < 1.29 is 28.8 Å². The topological polar surface area (TPSA) is 77.5 Å². The molecule has 7 nitrogen and oxygen atoms in total. The van der Waals surface area contributed by atoms with Gasteiger partial charge in [-0.15, -0.1) is 0 Å². The number of carbonyl (C=O) groups excluding carboxylic acids is 1. The maximum atomic E-state index is 12.1. The Hall–Kier alpha value is -0.730. The van der Waals surface area contributed by atoms with Crippen LogP contribution in [0.1, 0.15) is 104 Å². The van der Waals surface area contributed by atoms with Gasteiger partial charge in [0.1, 0.15) is 24.9 Å². The summed E-state index contributed by atoms with van der Waals surface area (Å²) in [6.45, 7) is 6.52. The van der Waals surface area contributed by atoms with Crippen molar-refractivity contribution in [3.63, 3.8) is 0 Å². The van der Waals surface area contributed by atoms with Crippen LogP contribution >= 0.6 is 0 Å². The van der Waals surface area contributed by atoms with Gasteiger partial charge in [-0.2, -0.15) is 0 Å². The molecule has 0 radical (unpaired) electrons. The molecule has 1 aliphatic heterocycles. The molecule has 7 heteroatoms. The molecule has 0 aliphatic carbocycles. The molecule has 0 aromatic heterocycles. The second-order valence-electron chi connectivity index (χ2n) is 9.86. The summed E-state index contributed by atoms with van der Waals surface area (Å²) in [7, 11) is 3.96. The van der Waals surface area contributed by atoms with Crippen molar-refractivity contribution in [2.75, 3.05) is 40.5 Å². The van der Waals surface area contributed by atoms with Crippen molar-refractivity contribution in [3.8, 4) is 0 Å². The van der Waals surface area contributed by atoms with Gasteiger partial charge in [0.15, 0.2) is 6.29 Å². The number of hydrogen-bond acceptors (Lipinski definition) is 7. The van der Waals surface area contributed by atoms with Gasteiger partial charge < -0.3 is 29.0 Å². The zero-order valence-corrected chi connectivity index (χ0v) is 22.5. The van der Waals surface area contributed by atoms with Gasteiger partial charge in [-0.25, -0.2) is 0 Å². The first kappa shape index (κ1) is 31.3. The van der Waals surface area contributed by atoms with Crippen LogP contribution in [0, 0.1) is 0 Å². The van der Waals surface area contributed by atoms with Gasteiger partial charge in [-0.3, -0.25) is 4.79 Å². The summed E-state index contributed by atoms with van der Waals surface area (Å²) in [5.41, 5.74) is 0. The molecular weight excluding hydrogens is 434 g/mol. The number of unbranched alkanes of at least 4 members (excludes halogenated alkanes) is 10. The van der Waals surface area contributed by atoms with Gasteiger partial charge in [0.05, 0.1) is 0 Å². The van der Waals surface area contributed by atoms with E-state index in [4.69, 9.17) is 18.9 Å². The Bertz CT molecular complexity index is 490. The summed E-state index contributed by atoms with van der Waals surface area (Å²) in [6.07, 6.45) is 12.7. The van der Waals surface area contributed by atoms with Crippen molar-refractivity contribution in [1.29, 1.82) is 0 Å². The van der Waals surface area contributed by atoms with Gasteiger partial charge in [0.2, 0.25) is 0 Å². The van der Waals surface area contributed by atoms with Crippen LogP contribution in [-0.2, 0) is 23.7 Å². The number of esters is 1. The maximum Gasteiger partial charge on any atom is 0.305 e. The fourth-order valence-corrected chi connectivity index (χ4v) is 4.21. The molecule has 0 aromatic rings. The van der Waals surface area contributed by atoms with E-state index >= 15 is 0 Å². The lowest BCUT2D eigenvalue weighted by molar-refractivity contribution is -0.161. The molecule has 34 heavy (non-hydrogen) atoms. The van der Waals surface area contributed by atoms with E-state index in [0.29, 0.717) is 19.6 Å². The van der Waals surface area contributed by atoms with Crippen LogP contribution in [0.3, 0.4) is 0 Å². The SMILES string of the molecule is CCCCCCCCO[C@@H]1[C@H](OCCCCCCCC)[C@H](O)O[C@@H]1COC(=O)CCCN(C)C. The van der Waals surface area contributed by atoms with Crippen molar-refractivity contribution in [2.24, 2.45) is 0 Å². The number of rotatable bonds is 22. The predicted molar refractivity (Wildman–Crippen MR) is 136 cm³/mol. The summed E-state index contributed by atoms with van der Waals surface area (Å²) in [5, 5.41) is 10.5. The van der Waals surface area contributed by atoms with E-state index in [1.165, 1.54) is 51.4 Å². The van der Waals surface area contributed by atoms with E-state index in [0.717, 1.165) is 38.6 Å². The second-order valence-corrected chi connectivity index (χ2v) is 9.86. The molecule has 0 unspecified atom stereocenters. The highest BCUT2D eigenvalue weighted by molar-refractivity contribution is 5.69. The van der Waals surface area contributed by atoms with Crippen LogP contribution < -0.4 is 0 Å². The highest BCUT2D eigenvalue weighted by atomic mass is 16.7. The van der Waals surface area contributed by atoms with Crippen molar-refractivity contribution in [1.82, 2.24) is 4.90 Å². The van der Waals surface area contributed by atoms with Gasteiger partial charge in [-0.1, -0.05) is 78.1 Å². The first-order valence-electron chi connectivity index (χ1n) is 13.9. The minimum absolute atomic E-state index is 0.0793. The van der Waals surface area contributed by atoms with Gasteiger partial charge in [0, 0.05) is 19.6 Å². The smallest absolute Gasteiger partial charge is 0.305 e. The number of hydrogen-bond donors (Lipinski definition) is 1. The molecule has 1 N–H and O–H groups in total. The molecule has 1 aliphatic rings. The lowest BCUT2D eigenvalue weighted by Gasteiger charge is -2.24. The van der Waals surface area contributed by atoms with Crippen LogP contribution in [0.5, 0.6) is 0 Å². The number of nitrogens with zero attached hydrogens (tertiary/aromatic N) is 1. The largest absolute Gasteiger partial charge is 0.463 e. The van der Waals surface area contributed by atoms with Crippen LogP contribution in [0.2, 0.25) is 0 Å². The lowest BCUT2D eigenvalue weighted by atomic mass is 10.1. The summed E-state index contributed by atoms with van der Waals surface area (Å²) >= 11 is 0. The van der Waals surface area contributed by atoms with E-state index in [-0.39, 0.29) is 12.6 Å². The Labute approximate surface area is 208 Å². The van der Waals surface area contributed by atoms with E-state index < -0.39 is 24.6 Å². The molecule has 0 amide bonds. The highest BCUT2D eigenvalue weighted by Crippen LogP contribution is 2.27. The lowest BCUT2D eigenvalue weighted by Crippen LogP contribution is -2.40. The molecule has 0 saturated carbocycles. The Kier molecular flexibility index (Phi) is 18.8. The van der Waals surface area contributed by atoms with E-state index in [2.05, 4.69) is 13.8 Å². The number of aliphatic hydroxyl groups excluding tert-OH is 1. The number of aliphatic hydroxyl groups is 1. The van der Waals surface area contributed by atoms with Crippen LogP contribution in [-0.4, -0.2) is 81.0 Å². The zero-order chi connectivity index (χ0) is 25.0. The molecule has 0 spiro atoms. The third-order valence-corrected chi connectivity index (χ3v) is 6.30. The molecule has 1 saturated heterocycles. The molecule has 202 valence electrons. The normalized spacial score (nSPS) is 22.5. The van der Waals surface area contributed by atoms with Crippen molar-refractivity contribution in [3.05, 3.63) is 0 Å². The Morgan fingerprint density at radius 1 is 0.794 bits per heavy atom. The van der Waals surface area contributed by atoms with Crippen LogP contribution in [0.25, 0.3) is 0 Å². The molecule has 0 bridgehead atoms. The van der Waals surface area contributed by atoms with E-state index in [9.17, 15) is 9.90 Å². The van der Waals surface area contributed by atoms with E-state index in [1.54, 1.807) is 0 Å². The highest BCUT2D eigenvalue weighted by Gasteiger charge is 2.46. The fourth-order valence-electron chi connectivity index (χ4n) is 4.21. The van der Waals surface area contributed by atoms with Crippen LogP contribution in [0.4, 0.5) is 0 Å². The minimum atomic E-state index is -1.06. The molecule has 1 heterocycles. The van der Waals surface area contributed by atoms with Crippen molar-refractivity contribution in [2.45, 2.75) is 128 Å². The molecule has 1 rings (SSSR count). The average molecular weight is 488 g/mol. The first-order valence-corrected chi connectivity index (χ1v) is 13.9.